The molecule has 2 fully saturated rings. The van der Waals surface area contributed by atoms with Gasteiger partial charge in [-0.25, -0.2) is 14.6 Å². The number of hydrogen-bond donors (Lipinski definition) is 3. The van der Waals surface area contributed by atoms with E-state index in [1.54, 1.807) is 70.0 Å². The number of amides is 4. The van der Waals surface area contributed by atoms with Crippen LogP contribution in [0.25, 0.3) is 0 Å². The zero-order valence-corrected chi connectivity index (χ0v) is 27.5. The number of carbonyl (C=O) groups is 4. The van der Waals surface area contributed by atoms with Crippen molar-refractivity contribution in [2.24, 2.45) is 10.9 Å². The number of alkyl carbamates (subject to hydrolysis) is 2. The van der Waals surface area contributed by atoms with Gasteiger partial charge in [-0.1, -0.05) is 0 Å². The predicted octanol–water partition coefficient (Wildman–Crippen LogP) is 4.63. The van der Waals surface area contributed by atoms with Crippen molar-refractivity contribution < 1.29 is 28.7 Å². The van der Waals surface area contributed by atoms with E-state index in [0.717, 1.165) is 23.5 Å². The number of aliphatic imine (C=N–C) groups is 1. The lowest BCUT2D eigenvalue weighted by molar-refractivity contribution is -0.137. The molecule has 0 aromatic carbocycles. The van der Waals surface area contributed by atoms with Gasteiger partial charge in [-0.05, 0) is 91.7 Å². The van der Waals surface area contributed by atoms with Gasteiger partial charge in [0, 0.05) is 30.2 Å². The third-order valence-electron chi connectivity index (χ3n) is 6.14. The quantitative estimate of drug-likeness (QED) is 0.291. The molecule has 1 saturated carbocycles. The molecule has 1 aliphatic carbocycles. The fraction of sp³-hybridized carbons (Fsp3) is 0.750. The standard InChI is InChI=1S/C28H47N5O6S2/c1-10-33(11-2)22(35)21(29-17(3)34)19-15-18(23-40-13-12-14-41-23)16-20(19)30-24(31-25(36)38-27(4,5)6)32-26(37)39-28(7,8)9/h19-21H,10-16H2,1-9H3,(H,29,34)(H2,30,31,32,36,37). The average molecular weight is 614 g/mol. The summed E-state index contributed by atoms with van der Waals surface area (Å²) in [5.74, 6) is 0.976. The number of hydrogen-bond acceptors (Lipinski definition) is 9. The third kappa shape index (κ3) is 11.8. The van der Waals surface area contributed by atoms with Crippen LogP contribution in [0.1, 0.15) is 81.6 Å². The summed E-state index contributed by atoms with van der Waals surface area (Å²) in [5, 5.41) is 7.99. The maximum atomic E-state index is 13.7. The van der Waals surface area contributed by atoms with Crippen LogP contribution in [0.2, 0.25) is 0 Å². The van der Waals surface area contributed by atoms with Crippen molar-refractivity contribution in [3.8, 4) is 0 Å². The van der Waals surface area contributed by atoms with Gasteiger partial charge in [0.15, 0.2) is 0 Å². The smallest absolute Gasteiger partial charge is 0.414 e. The van der Waals surface area contributed by atoms with E-state index in [2.05, 4.69) is 16.0 Å². The molecule has 4 amide bonds. The lowest BCUT2D eigenvalue weighted by atomic mass is 9.93. The van der Waals surface area contributed by atoms with E-state index in [-0.39, 0.29) is 17.8 Å². The molecule has 13 heteroatoms. The zero-order valence-electron chi connectivity index (χ0n) is 25.8. The Balaban J connectivity index is 2.56. The fourth-order valence-electron chi connectivity index (χ4n) is 4.56. The van der Waals surface area contributed by atoms with E-state index >= 15 is 0 Å². The molecule has 11 nitrogen and oxygen atoms in total. The molecular formula is C28H47N5O6S2. The fourth-order valence-corrected chi connectivity index (χ4v) is 7.26. The molecule has 0 radical (unpaired) electrons. The number of likely N-dealkylation sites (N-methyl/N-ethyl adjacent to an activating group) is 1. The summed E-state index contributed by atoms with van der Waals surface area (Å²) >= 11 is 3.60. The Hall–Kier alpha value is -2.41. The van der Waals surface area contributed by atoms with Crippen molar-refractivity contribution in [2.45, 2.75) is 105 Å². The lowest BCUT2D eigenvalue weighted by Crippen LogP contribution is -2.54. The largest absolute Gasteiger partial charge is 0.444 e. The Bertz CT molecular complexity index is 990. The van der Waals surface area contributed by atoms with Crippen LogP contribution in [0.3, 0.4) is 0 Å². The van der Waals surface area contributed by atoms with Crippen LogP contribution in [-0.2, 0) is 19.1 Å². The molecule has 0 aromatic heterocycles. The molecule has 232 valence electrons. The Kier molecular flexibility index (Phi) is 12.9. The van der Waals surface area contributed by atoms with Crippen LogP contribution in [0.15, 0.2) is 14.8 Å². The van der Waals surface area contributed by atoms with Crippen molar-refractivity contribution in [1.29, 1.82) is 0 Å². The second-order valence-electron chi connectivity index (χ2n) is 12.0. The molecule has 41 heavy (non-hydrogen) atoms. The zero-order chi connectivity index (χ0) is 31.0. The van der Waals surface area contributed by atoms with Crippen LogP contribution < -0.4 is 16.0 Å². The molecule has 3 atom stereocenters. The summed E-state index contributed by atoms with van der Waals surface area (Å²) in [5.41, 5.74) is -0.400. The number of nitrogens with zero attached hydrogens (tertiary/aromatic N) is 2. The number of thioether (sulfide) groups is 2. The predicted molar refractivity (Wildman–Crippen MR) is 165 cm³/mol. The second-order valence-corrected chi connectivity index (χ2v) is 14.5. The number of rotatable bonds is 6. The summed E-state index contributed by atoms with van der Waals surface area (Å²) in [4.78, 5) is 57.9. The summed E-state index contributed by atoms with van der Waals surface area (Å²) in [7, 11) is 0. The van der Waals surface area contributed by atoms with Crippen LogP contribution >= 0.6 is 23.5 Å². The summed E-state index contributed by atoms with van der Waals surface area (Å²) in [6.07, 6.45) is 0.591. The van der Waals surface area contributed by atoms with E-state index in [1.165, 1.54) is 11.2 Å². The van der Waals surface area contributed by atoms with Gasteiger partial charge in [-0.15, -0.1) is 23.5 Å². The number of carbonyl (C=O) groups excluding carboxylic acids is 4. The van der Waals surface area contributed by atoms with Crippen LogP contribution in [0, 0.1) is 5.92 Å². The van der Waals surface area contributed by atoms with Gasteiger partial charge in [0.1, 0.15) is 17.2 Å². The molecule has 0 bridgehead atoms. The van der Waals surface area contributed by atoms with Gasteiger partial charge in [0.2, 0.25) is 17.8 Å². The monoisotopic (exact) mass is 613 g/mol. The molecular weight excluding hydrogens is 566 g/mol. The minimum atomic E-state index is -0.831. The highest BCUT2D eigenvalue weighted by Gasteiger charge is 2.43. The topological polar surface area (TPSA) is 138 Å². The second kappa shape index (κ2) is 15.2. The Morgan fingerprint density at radius 2 is 1.44 bits per heavy atom. The van der Waals surface area contributed by atoms with E-state index in [4.69, 9.17) is 14.5 Å². The summed E-state index contributed by atoms with van der Waals surface area (Å²) in [6, 6.07) is -1.36. The first-order valence-electron chi connectivity index (χ1n) is 14.1. The highest BCUT2D eigenvalue weighted by atomic mass is 32.2. The molecule has 3 N–H and O–H groups in total. The third-order valence-corrected chi connectivity index (χ3v) is 8.93. The van der Waals surface area contributed by atoms with Gasteiger partial charge >= 0.3 is 12.2 Å². The minimum Gasteiger partial charge on any atom is -0.444 e. The van der Waals surface area contributed by atoms with Crippen molar-refractivity contribution in [3.63, 3.8) is 0 Å². The summed E-state index contributed by atoms with van der Waals surface area (Å²) in [6.45, 7) is 16.5. The molecule has 1 saturated heterocycles. The van der Waals surface area contributed by atoms with Gasteiger partial charge in [0.25, 0.3) is 0 Å². The lowest BCUT2D eigenvalue weighted by Gasteiger charge is -2.31. The Labute approximate surface area is 252 Å². The van der Waals surface area contributed by atoms with Gasteiger partial charge < -0.3 is 19.7 Å². The molecule has 3 unspecified atom stereocenters. The summed E-state index contributed by atoms with van der Waals surface area (Å²) < 4.78 is 12.0. The van der Waals surface area contributed by atoms with Gasteiger partial charge in [0.05, 0.1) is 6.04 Å². The van der Waals surface area contributed by atoms with E-state index < -0.39 is 41.4 Å². The first-order chi connectivity index (χ1) is 19.0. The van der Waals surface area contributed by atoms with E-state index in [9.17, 15) is 19.2 Å². The highest BCUT2D eigenvalue weighted by molar-refractivity contribution is 8.22. The maximum absolute atomic E-state index is 13.7. The highest BCUT2D eigenvalue weighted by Crippen LogP contribution is 2.45. The average Bonchev–Trinajstić information content (AvgIpc) is 3.24. The minimum absolute atomic E-state index is 0.143. The van der Waals surface area contributed by atoms with Crippen LogP contribution in [0.4, 0.5) is 9.59 Å². The number of nitrogens with one attached hydrogen (secondary N) is 3. The molecule has 1 heterocycles. The Morgan fingerprint density at radius 1 is 0.927 bits per heavy atom. The van der Waals surface area contributed by atoms with Crippen molar-refractivity contribution in [2.75, 3.05) is 24.6 Å². The maximum Gasteiger partial charge on any atom is 0.414 e. The molecule has 0 spiro atoms. The normalized spacial score (nSPS) is 20.0. The molecule has 2 rings (SSSR count). The molecule has 1 aliphatic heterocycles. The SMILES string of the molecule is CCN(CC)C(=O)C(NC(C)=O)C1CC(=C2SCCCS2)CC1N=C(NC(=O)OC(C)(C)C)NC(=O)OC(C)(C)C. The van der Waals surface area contributed by atoms with E-state index in [0.29, 0.717) is 25.9 Å². The molecule has 2 aliphatic rings. The van der Waals surface area contributed by atoms with Gasteiger partial charge in [-0.2, -0.15) is 0 Å². The first-order valence-corrected chi connectivity index (χ1v) is 16.1. The van der Waals surface area contributed by atoms with Crippen molar-refractivity contribution in [1.82, 2.24) is 20.9 Å². The number of guanidine groups is 1. The Morgan fingerprint density at radius 3 is 1.88 bits per heavy atom. The number of ether oxygens (including phenoxy) is 2. The van der Waals surface area contributed by atoms with Crippen LogP contribution in [-0.4, -0.2) is 82.7 Å². The van der Waals surface area contributed by atoms with E-state index in [1.807, 2.05) is 13.8 Å². The first kappa shape index (κ1) is 34.8. The van der Waals surface area contributed by atoms with Gasteiger partial charge in [-0.3, -0.25) is 20.2 Å². The van der Waals surface area contributed by atoms with Crippen molar-refractivity contribution in [3.05, 3.63) is 9.81 Å². The van der Waals surface area contributed by atoms with Crippen LogP contribution in [0.5, 0.6) is 0 Å². The van der Waals surface area contributed by atoms with Crippen molar-refractivity contribution >= 4 is 53.5 Å². The molecule has 0 aromatic rings.